The molecule has 10 heteroatoms. The first-order valence-electron chi connectivity index (χ1n) is 11.4. The van der Waals surface area contributed by atoms with Crippen molar-refractivity contribution in [1.29, 1.82) is 5.41 Å². The molecule has 1 unspecified atom stereocenters. The van der Waals surface area contributed by atoms with Crippen molar-refractivity contribution in [2.24, 2.45) is 0 Å². The van der Waals surface area contributed by atoms with Crippen molar-refractivity contribution in [2.45, 2.75) is 33.7 Å². The number of aryl methyl sites for hydroxylation is 2. The van der Waals surface area contributed by atoms with Gasteiger partial charge in [0.05, 0.1) is 18.9 Å². The summed E-state index contributed by atoms with van der Waals surface area (Å²) in [6.07, 6.45) is 0. The number of anilines is 4. The van der Waals surface area contributed by atoms with E-state index in [-0.39, 0.29) is 12.3 Å². The molecule has 1 fully saturated rings. The maximum Gasteiger partial charge on any atom is 0.228 e. The van der Waals surface area contributed by atoms with Crippen molar-refractivity contribution in [3.8, 4) is 0 Å². The molecule has 2 aromatic heterocycles. The summed E-state index contributed by atoms with van der Waals surface area (Å²) < 4.78 is 10.7. The summed E-state index contributed by atoms with van der Waals surface area (Å²) in [4.78, 5) is 16.5. The number of nitrogens with one attached hydrogen (secondary N) is 4. The number of ether oxygens (including phenoxy) is 2. The highest BCUT2D eigenvalue weighted by Gasteiger charge is 2.24. The van der Waals surface area contributed by atoms with E-state index in [9.17, 15) is 0 Å². The van der Waals surface area contributed by atoms with Crippen LogP contribution in [-0.4, -0.2) is 79.8 Å². The van der Waals surface area contributed by atoms with Gasteiger partial charge in [0.15, 0.2) is 5.82 Å². The fourth-order valence-corrected chi connectivity index (χ4v) is 3.81. The maximum absolute atomic E-state index is 8.62. The van der Waals surface area contributed by atoms with Crippen molar-refractivity contribution in [1.82, 2.24) is 20.3 Å². The summed E-state index contributed by atoms with van der Waals surface area (Å²) in [5.41, 5.74) is 3.45. The second-order valence-corrected chi connectivity index (χ2v) is 8.23. The first-order valence-corrected chi connectivity index (χ1v) is 11.4. The Morgan fingerprint density at radius 3 is 2.79 bits per heavy atom. The minimum Gasteiger partial charge on any atom is -0.380 e. The predicted molar refractivity (Wildman–Crippen MR) is 132 cm³/mol. The molecule has 0 aromatic carbocycles. The Kier molecular flexibility index (Phi) is 8.93. The van der Waals surface area contributed by atoms with Gasteiger partial charge in [0, 0.05) is 51.6 Å². The van der Waals surface area contributed by atoms with Crippen molar-refractivity contribution in [3.05, 3.63) is 29.1 Å². The summed E-state index contributed by atoms with van der Waals surface area (Å²) in [6, 6.07) is 4.33. The van der Waals surface area contributed by atoms with Gasteiger partial charge in [-0.3, -0.25) is 0 Å². The fraction of sp³-hybridized carbons (Fsp3) is 0.565. The van der Waals surface area contributed by atoms with E-state index in [1.807, 2.05) is 32.9 Å². The Balaban J connectivity index is 2.06. The first kappa shape index (κ1) is 24.8. The topological polar surface area (TPSA) is 120 Å². The normalized spacial score (nSPS) is 16.0. The molecule has 0 radical (unpaired) electrons. The minimum absolute atomic E-state index is 0.149. The van der Waals surface area contributed by atoms with Gasteiger partial charge in [-0.05, 0) is 45.4 Å². The van der Waals surface area contributed by atoms with E-state index < -0.39 is 0 Å². The zero-order valence-corrected chi connectivity index (χ0v) is 20.3. The number of methoxy groups -OCH3 is 1. The Labute approximate surface area is 196 Å². The molecule has 3 rings (SSSR count). The highest BCUT2D eigenvalue weighted by atomic mass is 16.5. The van der Waals surface area contributed by atoms with E-state index in [0.717, 1.165) is 30.9 Å². The zero-order chi connectivity index (χ0) is 23.8. The molecule has 3 heterocycles. The Hall–Kier alpha value is -2.82. The number of aromatic nitrogens is 3. The van der Waals surface area contributed by atoms with Crippen molar-refractivity contribution >= 4 is 29.0 Å². The zero-order valence-electron chi connectivity index (χ0n) is 20.3. The highest BCUT2D eigenvalue weighted by molar-refractivity contribution is 6.04. The van der Waals surface area contributed by atoms with Crippen LogP contribution >= 0.6 is 0 Å². The molecular formula is C23H36N8O2. The Bertz CT molecular complexity index is 932. The SMILES string of the molecule is CCOCCNc1c(Nc2cc(C)cc(C)n2)nc(N2CCNC(C)C2)nc1C(=N)COC. The van der Waals surface area contributed by atoms with Crippen molar-refractivity contribution < 1.29 is 9.47 Å². The standard InChI is InChI=1S/C23H36N8O2/c1-6-33-10-8-26-21-20(18(24)14-32-5)29-23(31-9-7-25-17(4)13-31)30-22(21)28-19-12-15(2)11-16(3)27-19/h11-12,17,24-26H,6-10,13-14H2,1-5H3,(H,27,28,29,30). The average Bonchev–Trinajstić information content (AvgIpc) is 2.76. The number of rotatable bonds is 11. The molecule has 0 aliphatic carbocycles. The Morgan fingerprint density at radius 1 is 1.27 bits per heavy atom. The van der Waals surface area contributed by atoms with E-state index in [2.05, 4.69) is 32.8 Å². The molecule has 180 valence electrons. The van der Waals surface area contributed by atoms with Gasteiger partial charge in [0.1, 0.15) is 17.2 Å². The first-order chi connectivity index (χ1) is 15.9. The molecule has 0 spiro atoms. The number of hydrogen-bond acceptors (Lipinski definition) is 10. The van der Waals surface area contributed by atoms with Gasteiger partial charge in [-0.1, -0.05) is 0 Å². The van der Waals surface area contributed by atoms with E-state index in [1.54, 1.807) is 7.11 Å². The van der Waals surface area contributed by atoms with E-state index in [0.29, 0.717) is 54.8 Å². The lowest BCUT2D eigenvalue weighted by molar-refractivity contribution is 0.158. The number of pyridine rings is 1. The third-order valence-electron chi connectivity index (χ3n) is 5.22. The van der Waals surface area contributed by atoms with Crippen LogP contribution in [0.3, 0.4) is 0 Å². The lowest BCUT2D eigenvalue weighted by atomic mass is 10.2. The minimum atomic E-state index is 0.149. The molecule has 1 atom stereocenters. The van der Waals surface area contributed by atoms with E-state index in [1.165, 1.54) is 0 Å². The molecule has 4 N–H and O–H groups in total. The van der Waals surface area contributed by atoms with E-state index in [4.69, 9.17) is 24.9 Å². The molecule has 2 aromatic rings. The summed E-state index contributed by atoms with van der Waals surface area (Å²) in [6.45, 7) is 12.4. The summed E-state index contributed by atoms with van der Waals surface area (Å²) in [5.74, 6) is 1.86. The fourth-order valence-electron chi connectivity index (χ4n) is 3.81. The predicted octanol–water partition coefficient (Wildman–Crippen LogP) is 2.49. The van der Waals surface area contributed by atoms with Gasteiger partial charge in [-0.2, -0.15) is 4.98 Å². The number of piperazine rings is 1. The number of hydrogen-bond donors (Lipinski definition) is 4. The largest absolute Gasteiger partial charge is 0.380 e. The van der Waals surface area contributed by atoms with E-state index >= 15 is 0 Å². The number of nitrogens with zero attached hydrogens (tertiary/aromatic N) is 4. The van der Waals surface area contributed by atoms with Gasteiger partial charge in [-0.15, -0.1) is 0 Å². The van der Waals surface area contributed by atoms with Gasteiger partial charge in [0.2, 0.25) is 5.95 Å². The van der Waals surface area contributed by atoms with Crippen molar-refractivity contribution in [2.75, 3.05) is 68.6 Å². The lowest BCUT2D eigenvalue weighted by Gasteiger charge is -2.32. The quantitative estimate of drug-likeness (QED) is 0.298. The van der Waals surface area contributed by atoms with Crippen molar-refractivity contribution in [3.63, 3.8) is 0 Å². The summed E-state index contributed by atoms with van der Waals surface area (Å²) >= 11 is 0. The van der Waals surface area contributed by atoms with Crippen LogP contribution in [0.15, 0.2) is 12.1 Å². The van der Waals surface area contributed by atoms with Gasteiger partial charge in [-0.25, -0.2) is 9.97 Å². The monoisotopic (exact) mass is 456 g/mol. The van der Waals surface area contributed by atoms with Crippen LogP contribution in [0.1, 0.15) is 30.8 Å². The van der Waals surface area contributed by atoms with Gasteiger partial charge < -0.3 is 35.7 Å². The second-order valence-electron chi connectivity index (χ2n) is 8.23. The average molecular weight is 457 g/mol. The molecule has 1 aliphatic rings. The molecule has 0 amide bonds. The van der Waals surface area contributed by atoms with Crippen LogP contribution in [0.4, 0.5) is 23.3 Å². The summed E-state index contributed by atoms with van der Waals surface area (Å²) in [7, 11) is 1.58. The highest BCUT2D eigenvalue weighted by Crippen LogP contribution is 2.29. The molecule has 33 heavy (non-hydrogen) atoms. The molecule has 1 aliphatic heterocycles. The molecular weight excluding hydrogens is 420 g/mol. The molecule has 0 bridgehead atoms. The van der Waals surface area contributed by atoms with Crippen LogP contribution in [0, 0.1) is 19.3 Å². The summed E-state index contributed by atoms with van der Waals surface area (Å²) in [5, 5.41) is 18.8. The molecule has 1 saturated heterocycles. The van der Waals surface area contributed by atoms with Gasteiger partial charge in [0.25, 0.3) is 0 Å². The van der Waals surface area contributed by atoms with Crippen LogP contribution in [0.2, 0.25) is 0 Å². The van der Waals surface area contributed by atoms with Crippen LogP contribution in [0.5, 0.6) is 0 Å². The third-order valence-corrected chi connectivity index (χ3v) is 5.22. The smallest absolute Gasteiger partial charge is 0.228 e. The molecule has 0 saturated carbocycles. The Morgan fingerprint density at radius 2 is 2.09 bits per heavy atom. The molecule has 10 nitrogen and oxygen atoms in total. The third kappa shape index (κ3) is 6.83. The van der Waals surface area contributed by atoms with Crippen LogP contribution in [-0.2, 0) is 9.47 Å². The maximum atomic E-state index is 8.62. The lowest BCUT2D eigenvalue weighted by Crippen LogP contribution is -2.50. The van der Waals surface area contributed by atoms with Crippen LogP contribution in [0.25, 0.3) is 0 Å². The van der Waals surface area contributed by atoms with Crippen LogP contribution < -0.4 is 20.9 Å². The van der Waals surface area contributed by atoms with Gasteiger partial charge >= 0.3 is 0 Å². The second kappa shape index (κ2) is 11.9.